The van der Waals surface area contributed by atoms with Crippen molar-refractivity contribution in [1.82, 2.24) is 39.7 Å². The molecule has 0 radical (unpaired) electrons. The molecule has 1 N–H and O–H groups in total. The molecular weight excluding hydrogens is 414 g/mol. The van der Waals surface area contributed by atoms with Crippen molar-refractivity contribution < 1.29 is 8.78 Å². The van der Waals surface area contributed by atoms with Crippen LogP contribution < -0.4 is 5.32 Å². The molecule has 8 nitrogen and oxygen atoms in total. The Labute approximate surface area is 183 Å². The van der Waals surface area contributed by atoms with E-state index in [9.17, 15) is 4.39 Å². The summed E-state index contributed by atoms with van der Waals surface area (Å²) in [7, 11) is 0. The maximum absolute atomic E-state index is 15.1. The number of nitrogens with zero attached hydrogens (tertiary/aromatic N) is 7. The Bertz CT molecular complexity index is 1280. The quantitative estimate of drug-likeness (QED) is 0.525. The Kier molecular flexibility index (Phi) is 4.59. The first kappa shape index (κ1) is 20.6. The minimum Gasteiger partial charge on any atom is -0.307 e. The highest BCUT2D eigenvalue weighted by atomic mass is 19.1. The van der Waals surface area contributed by atoms with Crippen molar-refractivity contribution in [3.8, 4) is 17.1 Å². The Morgan fingerprint density at radius 3 is 2.31 bits per heavy atom. The average Bonchev–Trinajstić information content (AvgIpc) is 3.34. The van der Waals surface area contributed by atoms with E-state index in [-0.39, 0.29) is 28.4 Å². The van der Waals surface area contributed by atoms with E-state index in [1.165, 1.54) is 46.2 Å². The lowest BCUT2D eigenvalue weighted by molar-refractivity contribution is 0.158. The van der Waals surface area contributed by atoms with Crippen LogP contribution in [0, 0.1) is 11.6 Å². The van der Waals surface area contributed by atoms with Crippen LogP contribution >= 0.6 is 0 Å². The Morgan fingerprint density at radius 1 is 0.969 bits per heavy atom. The number of fused-ring (bicyclic) bond motifs is 1. The van der Waals surface area contributed by atoms with E-state index in [0.29, 0.717) is 17.2 Å². The molecule has 10 heteroatoms. The summed E-state index contributed by atoms with van der Waals surface area (Å²) < 4.78 is 31.3. The summed E-state index contributed by atoms with van der Waals surface area (Å²) in [4.78, 5) is 14.4. The topological polar surface area (TPSA) is 85.8 Å². The summed E-state index contributed by atoms with van der Waals surface area (Å²) in [5.41, 5.74) is 0.820. The van der Waals surface area contributed by atoms with Gasteiger partial charge in [0, 0.05) is 35.5 Å². The van der Waals surface area contributed by atoms with Crippen molar-refractivity contribution in [2.24, 2.45) is 0 Å². The number of halogens is 2. The van der Waals surface area contributed by atoms with Crippen molar-refractivity contribution >= 4 is 5.78 Å². The van der Waals surface area contributed by atoms with Crippen LogP contribution in [-0.2, 0) is 0 Å². The van der Waals surface area contributed by atoms with Gasteiger partial charge in [0.25, 0.3) is 0 Å². The van der Waals surface area contributed by atoms with E-state index < -0.39 is 11.6 Å². The third-order valence-corrected chi connectivity index (χ3v) is 5.73. The molecule has 1 aliphatic rings. The molecule has 32 heavy (non-hydrogen) atoms. The van der Waals surface area contributed by atoms with E-state index in [4.69, 9.17) is 0 Å². The molecule has 0 amide bonds. The third-order valence-electron chi connectivity index (χ3n) is 5.73. The SMILES string of the molecule is CC1(C)CC(c2nc3nc(-c4ncc(-n5nccn5)cc4F)cn3cc2F)CC(C)(C)N1. The molecule has 0 unspecified atom stereocenters. The summed E-state index contributed by atoms with van der Waals surface area (Å²) in [6.45, 7) is 8.45. The largest absolute Gasteiger partial charge is 0.307 e. The highest BCUT2D eigenvalue weighted by molar-refractivity contribution is 5.59. The van der Waals surface area contributed by atoms with Crippen molar-refractivity contribution in [3.63, 3.8) is 0 Å². The molecule has 0 bridgehead atoms. The predicted molar refractivity (Wildman–Crippen MR) is 114 cm³/mol. The van der Waals surface area contributed by atoms with Crippen LogP contribution in [0.3, 0.4) is 0 Å². The zero-order valence-corrected chi connectivity index (χ0v) is 18.3. The van der Waals surface area contributed by atoms with Gasteiger partial charge in [0.15, 0.2) is 11.6 Å². The molecule has 0 saturated carbocycles. The smallest absolute Gasteiger partial charge is 0.234 e. The first-order chi connectivity index (χ1) is 15.1. The fourth-order valence-electron chi connectivity index (χ4n) is 4.90. The number of pyridine rings is 1. The molecule has 1 aliphatic heterocycles. The Morgan fingerprint density at radius 2 is 1.66 bits per heavy atom. The van der Waals surface area contributed by atoms with Crippen LogP contribution in [0.5, 0.6) is 0 Å². The fourth-order valence-corrected chi connectivity index (χ4v) is 4.90. The monoisotopic (exact) mass is 438 g/mol. The Hall–Kier alpha value is -3.27. The lowest BCUT2D eigenvalue weighted by atomic mass is 9.74. The predicted octanol–water partition coefficient (Wildman–Crippen LogP) is 3.67. The lowest BCUT2D eigenvalue weighted by Crippen LogP contribution is -2.57. The second-order valence-corrected chi connectivity index (χ2v) is 9.65. The van der Waals surface area contributed by atoms with Gasteiger partial charge in [0.2, 0.25) is 5.78 Å². The summed E-state index contributed by atoms with van der Waals surface area (Å²) in [6, 6.07) is 1.28. The van der Waals surface area contributed by atoms with Gasteiger partial charge in [0.05, 0.1) is 24.3 Å². The van der Waals surface area contributed by atoms with E-state index >= 15 is 4.39 Å². The third kappa shape index (κ3) is 3.75. The summed E-state index contributed by atoms with van der Waals surface area (Å²) in [5.74, 6) is -0.717. The molecule has 4 aromatic rings. The van der Waals surface area contributed by atoms with Gasteiger partial charge in [-0.2, -0.15) is 10.2 Å². The van der Waals surface area contributed by atoms with E-state index in [1.54, 1.807) is 0 Å². The number of piperidine rings is 1. The van der Waals surface area contributed by atoms with Crippen molar-refractivity contribution in [3.05, 3.63) is 54.4 Å². The van der Waals surface area contributed by atoms with Crippen molar-refractivity contribution in [1.29, 1.82) is 0 Å². The number of hydrogen-bond acceptors (Lipinski definition) is 6. The van der Waals surface area contributed by atoms with Crippen LogP contribution in [0.4, 0.5) is 8.78 Å². The minimum absolute atomic E-state index is 0.0532. The standard InChI is InChI=1S/C22H24F2N8/c1-21(2)8-13(9-22(3,4)30-21)18-16(24)11-31-12-17(28-20(31)29-18)19-15(23)7-14(10-25-19)32-26-5-6-27-32/h5-7,10-13,30H,8-9H2,1-4H3. The van der Waals surface area contributed by atoms with Crippen LogP contribution in [0.2, 0.25) is 0 Å². The molecule has 4 aromatic heterocycles. The molecule has 166 valence electrons. The number of nitrogens with one attached hydrogen (secondary N) is 1. The van der Waals surface area contributed by atoms with Crippen LogP contribution in [0.25, 0.3) is 22.9 Å². The summed E-state index contributed by atoms with van der Waals surface area (Å²) >= 11 is 0. The van der Waals surface area contributed by atoms with E-state index in [0.717, 1.165) is 12.8 Å². The zero-order chi connectivity index (χ0) is 22.7. The number of rotatable bonds is 3. The first-order valence-corrected chi connectivity index (χ1v) is 10.5. The van der Waals surface area contributed by atoms with E-state index in [1.807, 2.05) is 0 Å². The highest BCUT2D eigenvalue weighted by Crippen LogP contribution is 2.39. The Balaban J connectivity index is 1.52. The van der Waals surface area contributed by atoms with Crippen LogP contribution in [0.1, 0.15) is 52.1 Å². The van der Waals surface area contributed by atoms with Gasteiger partial charge in [-0.1, -0.05) is 0 Å². The van der Waals surface area contributed by atoms with Gasteiger partial charge >= 0.3 is 0 Å². The second-order valence-electron chi connectivity index (χ2n) is 9.65. The molecule has 1 fully saturated rings. The normalized spacial score (nSPS) is 18.3. The lowest BCUT2D eigenvalue weighted by Gasteiger charge is -2.46. The molecule has 0 atom stereocenters. The van der Waals surface area contributed by atoms with Crippen LogP contribution in [-0.4, -0.2) is 45.4 Å². The van der Waals surface area contributed by atoms with Gasteiger partial charge in [0.1, 0.15) is 17.1 Å². The summed E-state index contributed by atoms with van der Waals surface area (Å²) in [6.07, 6.45) is 8.85. The van der Waals surface area contributed by atoms with E-state index in [2.05, 4.69) is 58.2 Å². The van der Waals surface area contributed by atoms with Gasteiger partial charge in [-0.25, -0.2) is 23.7 Å². The van der Waals surface area contributed by atoms with Crippen LogP contribution in [0.15, 0.2) is 37.1 Å². The van der Waals surface area contributed by atoms with Gasteiger partial charge < -0.3 is 5.32 Å². The van der Waals surface area contributed by atoms with Gasteiger partial charge in [-0.05, 0) is 40.5 Å². The molecule has 0 aromatic carbocycles. The molecular formula is C22H24F2N8. The molecule has 1 saturated heterocycles. The van der Waals surface area contributed by atoms with Gasteiger partial charge in [-0.15, -0.1) is 4.80 Å². The molecule has 5 rings (SSSR count). The van der Waals surface area contributed by atoms with Crippen molar-refractivity contribution in [2.45, 2.75) is 57.5 Å². The van der Waals surface area contributed by atoms with Gasteiger partial charge in [-0.3, -0.25) is 4.40 Å². The highest BCUT2D eigenvalue weighted by Gasteiger charge is 2.39. The maximum Gasteiger partial charge on any atom is 0.234 e. The number of hydrogen-bond donors (Lipinski definition) is 1. The molecule has 0 spiro atoms. The zero-order valence-electron chi connectivity index (χ0n) is 18.3. The van der Waals surface area contributed by atoms with Crippen molar-refractivity contribution in [2.75, 3.05) is 0 Å². The second kappa shape index (κ2) is 7.13. The first-order valence-electron chi connectivity index (χ1n) is 10.5. The maximum atomic E-state index is 15.1. The molecule has 5 heterocycles. The number of aromatic nitrogens is 7. The fraction of sp³-hybridized carbons (Fsp3) is 0.409. The number of imidazole rings is 1. The average molecular weight is 438 g/mol. The summed E-state index contributed by atoms with van der Waals surface area (Å²) in [5, 5.41) is 11.5. The molecule has 0 aliphatic carbocycles. The minimum atomic E-state index is -0.578.